The standard InChI is InChI=1S/C17H12F3NOS/c1-10-6-7-11(8-14(10)17(18,19)20)21-16(22)13-9-23-15-5-3-2-4-12(13)15/h2-9H,1H3,(H,21,22). The molecule has 0 bridgehead atoms. The average molecular weight is 335 g/mol. The number of fused-ring (bicyclic) bond motifs is 1. The summed E-state index contributed by atoms with van der Waals surface area (Å²) in [7, 11) is 0. The number of amides is 1. The Bertz CT molecular complexity index is 883. The van der Waals surface area contributed by atoms with Crippen LogP contribution in [0.2, 0.25) is 0 Å². The lowest BCUT2D eigenvalue weighted by atomic mass is 10.1. The summed E-state index contributed by atoms with van der Waals surface area (Å²) in [6, 6.07) is 11.2. The van der Waals surface area contributed by atoms with Gasteiger partial charge in [-0.2, -0.15) is 13.2 Å². The molecular weight excluding hydrogens is 323 g/mol. The van der Waals surface area contributed by atoms with Crippen molar-refractivity contribution in [2.75, 3.05) is 5.32 Å². The SMILES string of the molecule is Cc1ccc(NC(=O)c2csc3ccccc23)cc1C(F)(F)F. The van der Waals surface area contributed by atoms with E-state index in [0.29, 0.717) is 5.56 Å². The van der Waals surface area contributed by atoms with Crippen LogP contribution in [0.3, 0.4) is 0 Å². The second-order valence-corrected chi connectivity index (χ2v) is 6.04. The van der Waals surface area contributed by atoms with Gasteiger partial charge < -0.3 is 5.32 Å². The first kappa shape index (κ1) is 15.6. The molecular formula is C17H12F3NOS. The van der Waals surface area contributed by atoms with Gasteiger partial charge >= 0.3 is 6.18 Å². The van der Waals surface area contributed by atoms with Crippen molar-refractivity contribution in [3.05, 3.63) is 64.5 Å². The highest BCUT2D eigenvalue weighted by molar-refractivity contribution is 7.17. The quantitative estimate of drug-likeness (QED) is 0.660. The van der Waals surface area contributed by atoms with Crippen LogP contribution in [0.25, 0.3) is 10.1 Å². The number of carbonyl (C=O) groups excluding carboxylic acids is 1. The fourth-order valence-corrected chi connectivity index (χ4v) is 3.30. The number of nitrogens with one attached hydrogen (secondary N) is 1. The van der Waals surface area contributed by atoms with Crippen LogP contribution in [0.4, 0.5) is 18.9 Å². The van der Waals surface area contributed by atoms with E-state index in [9.17, 15) is 18.0 Å². The van der Waals surface area contributed by atoms with E-state index in [1.807, 2.05) is 24.3 Å². The molecule has 1 amide bonds. The molecule has 1 aromatic heterocycles. The molecule has 0 saturated carbocycles. The first-order chi connectivity index (χ1) is 10.9. The molecule has 1 heterocycles. The number of rotatable bonds is 2. The number of anilines is 1. The predicted molar refractivity (Wildman–Crippen MR) is 86.0 cm³/mol. The van der Waals surface area contributed by atoms with Gasteiger partial charge in [0.05, 0.1) is 11.1 Å². The second-order valence-electron chi connectivity index (χ2n) is 5.13. The number of hydrogen-bond acceptors (Lipinski definition) is 2. The highest BCUT2D eigenvalue weighted by Gasteiger charge is 2.32. The Kier molecular flexibility index (Phi) is 3.85. The lowest BCUT2D eigenvalue weighted by Crippen LogP contribution is -2.13. The number of thiophene rings is 1. The number of halogens is 3. The lowest BCUT2D eigenvalue weighted by Gasteiger charge is -2.12. The predicted octanol–water partition coefficient (Wildman–Crippen LogP) is 5.48. The molecule has 0 aliphatic heterocycles. The van der Waals surface area contributed by atoms with Crippen LogP contribution >= 0.6 is 11.3 Å². The zero-order valence-electron chi connectivity index (χ0n) is 12.1. The largest absolute Gasteiger partial charge is 0.416 e. The Morgan fingerprint density at radius 3 is 2.61 bits per heavy atom. The van der Waals surface area contributed by atoms with Gasteiger partial charge in [-0.15, -0.1) is 11.3 Å². The maximum atomic E-state index is 12.9. The van der Waals surface area contributed by atoms with Crippen molar-refractivity contribution in [3.63, 3.8) is 0 Å². The van der Waals surface area contributed by atoms with Gasteiger partial charge in [-0.1, -0.05) is 24.3 Å². The normalized spacial score (nSPS) is 11.7. The number of carbonyl (C=O) groups is 1. The molecule has 0 fully saturated rings. The molecule has 23 heavy (non-hydrogen) atoms. The first-order valence-corrected chi connectivity index (χ1v) is 7.69. The van der Waals surface area contributed by atoms with Crippen LogP contribution in [-0.2, 0) is 6.18 Å². The van der Waals surface area contributed by atoms with Gasteiger partial charge in [-0.05, 0) is 30.7 Å². The van der Waals surface area contributed by atoms with Crippen molar-refractivity contribution in [1.82, 2.24) is 0 Å². The van der Waals surface area contributed by atoms with Crippen LogP contribution in [-0.4, -0.2) is 5.91 Å². The molecule has 1 N–H and O–H groups in total. The molecule has 2 nitrogen and oxygen atoms in total. The van der Waals surface area contributed by atoms with Gasteiger partial charge in [-0.25, -0.2) is 0 Å². The highest BCUT2D eigenvalue weighted by atomic mass is 32.1. The van der Waals surface area contributed by atoms with Crippen molar-refractivity contribution in [2.24, 2.45) is 0 Å². The molecule has 0 spiro atoms. The van der Waals surface area contributed by atoms with Crippen LogP contribution in [0, 0.1) is 6.92 Å². The van der Waals surface area contributed by atoms with Crippen molar-refractivity contribution in [2.45, 2.75) is 13.1 Å². The third kappa shape index (κ3) is 3.07. The molecule has 0 unspecified atom stereocenters. The van der Waals surface area contributed by atoms with Crippen LogP contribution in [0.15, 0.2) is 47.8 Å². The fourth-order valence-electron chi connectivity index (χ4n) is 2.36. The topological polar surface area (TPSA) is 29.1 Å². The van der Waals surface area contributed by atoms with Gasteiger partial charge in [0.2, 0.25) is 0 Å². The van der Waals surface area contributed by atoms with Gasteiger partial charge in [-0.3, -0.25) is 4.79 Å². The van der Waals surface area contributed by atoms with E-state index in [0.717, 1.165) is 16.2 Å². The summed E-state index contributed by atoms with van der Waals surface area (Å²) < 4.78 is 39.8. The monoisotopic (exact) mass is 335 g/mol. The van der Waals surface area contributed by atoms with E-state index >= 15 is 0 Å². The molecule has 118 valence electrons. The van der Waals surface area contributed by atoms with Gasteiger partial charge in [0.15, 0.2) is 0 Å². The third-order valence-corrected chi connectivity index (χ3v) is 4.49. The Morgan fingerprint density at radius 1 is 1.13 bits per heavy atom. The van der Waals surface area contributed by atoms with Crippen molar-refractivity contribution in [3.8, 4) is 0 Å². The van der Waals surface area contributed by atoms with E-state index in [2.05, 4.69) is 5.32 Å². The number of hydrogen-bond donors (Lipinski definition) is 1. The minimum Gasteiger partial charge on any atom is -0.322 e. The van der Waals surface area contributed by atoms with E-state index < -0.39 is 17.6 Å². The molecule has 6 heteroatoms. The molecule has 0 saturated heterocycles. The molecule has 0 radical (unpaired) electrons. The number of aryl methyl sites for hydroxylation is 1. The first-order valence-electron chi connectivity index (χ1n) is 6.81. The molecule has 2 aromatic carbocycles. The minimum absolute atomic E-state index is 0.122. The fraction of sp³-hybridized carbons (Fsp3) is 0.118. The Balaban J connectivity index is 1.92. The summed E-state index contributed by atoms with van der Waals surface area (Å²) in [5, 5.41) is 5.04. The van der Waals surface area contributed by atoms with Crippen molar-refractivity contribution in [1.29, 1.82) is 0 Å². The summed E-state index contributed by atoms with van der Waals surface area (Å²) in [6.45, 7) is 1.39. The van der Waals surface area contributed by atoms with Crippen LogP contribution < -0.4 is 5.32 Å². The van der Waals surface area contributed by atoms with Crippen LogP contribution in [0.1, 0.15) is 21.5 Å². The molecule has 3 rings (SSSR count). The number of alkyl halides is 3. The Hall–Kier alpha value is -2.34. The second kappa shape index (κ2) is 5.70. The summed E-state index contributed by atoms with van der Waals surface area (Å²) in [4.78, 5) is 12.3. The third-order valence-electron chi connectivity index (χ3n) is 3.53. The number of benzene rings is 2. The average Bonchev–Trinajstić information content (AvgIpc) is 2.92. The van der Waals surface area contributed by atoms with Crippen molar-refractivity contribution < 1.29 is 18.0 Å². The maximum Gasteiger partial charge on any atom is 0.416 e. The molecule has 0 atom stereocenters. The van der Waals surface area contributed by atoms with Gasteiger partial charge in [0.1, 0.15) is 0 Å². The van der Waals surface area contributed by atoms with E-state index in [1.54, 1.807) is 5.38 Å². The Labute approximate surface area is 134 Å². The zero-order chi connectivity index (χ0) is 16.6. The lowest BCUT2D eigenvalue weighted by molar-refractivity contribution is -0.138. The summed E-state index contributed by atoms with van der Waals surface area (Å²) in [6.07, 6.45) is -4.44. The van der Waals surface area contributed by atoms with Gasteiger partial charge in [0.25, 0.3) is 5.91 Å². The van der Waals surface area contributed by atoms with Crippen molar-refractivity contribution >= 4 is 33.0 Å². The van der Waals surface area contributed by atoms with E-state index in [4.69, 9.17) is 0 Å². The zero-order valence-corrected chi connectivity index (χ0v) is 12.9. The van der Waals surface area contributed by atoms with E-state index in [1.165, 1.54) is 30.4 Å². The summed E-state index contributed by atoms with van der Waals surface area (Å²) in [5.41, 5.74) is -0.0371. The minimum atomic E-state index is -4.44. The molecule has 3 aromatic rings. The summed E-state index contributed by atoms with van der Waals surface area (Å²) in [5.74, 6) is -0.417. The summed E-state index contributed by atoms with van der Waals surface area (Å²) >= 11 is 1.42. The smallest absolute Gasteiger partial charge is 0.322 e. The molecule has 0 aliphatic rings. The Morgan fingerprint density at radius 2 is 1.87 bits per heavy atom. The van der Waals surface area contributed by atoms with E-state index in [-0.39, 0.29) is 11.3 Å². The van der Waals surface area contributed by atoms with Crippen LogP contribution in [0.5, 0.6) is 0 Å². The molecule has 0 aliphatic carbocycles. The highest BCUT2D eigenvalue weighted by Crippen LogP contribution is 2.34. The van der Waals surface area contributed by atoms with Gasteiger partial charge in [0, 0.05) is 21.2 Å². The maximum absolute atomic E-state index is 12.9.